The topological polar surface area (TPSA) is 78.9 Å². The van der Waals surface area contributed by atoms with Crippen molar-refractivity contribution in [3.8, 4) is 0 Å². The van der Waals surface area contributed by atoms with Crippen LogP contribution in [-0.2, 0) is 28.6 Å². The number of ether oxygens (including phenoxy) is 3. The number of hydrogen-bond acceptors (Lipinski definition) is 6. The molecule has 0 saturated carbocycles. The van der Waals surface area contributed by atoms with E-state index in [1.54, 1.807) is 0 Å². The molecule has 0 aliphatic rings. The van der Waals surface area contributed by atoms with Crippen LogP contribution in [0.15, 0.2) is 72.9 Å². The van der Waals surface area contributed by atoms with Crippen LogP contribution in [0.25, 0.3) is 0 Å². The molecule has 0 amide bonds. The van der Waals surface area contributed by atoms with E-state index in [1.807, 2.05) is 0 Å². The van der Waals surface area contributed by atoms with Gasteiger partial charge >= 0.3 is 17.9 Å². The highest BCUT2D eigenvalue weighted by Crippen LogP contribution is 2.12. The summed E-state index contributed by atoms with van der Waals surface area (Å²) in [5.41, 5.74) is 0. The summed E-state index contributed by atoms with van der Waals surface area (Å²) >= 11 is 0. The maximum absolute atomic E-state index is 12.7. The van der Waals surface area contributed by atoms with Crippen LogP contribution in [0.1, 0.15) is 213 Å². The van der Waals surface area contributed by atoms with E-state index in [2.05, 4.69) is 93.7 Å². The third-order valence-electron chi connectivity index (χ3n) is 9.66. The largest absolute Gasteiger partial charge is 0.462 e. The van der Waals surface area contributed by atoms with Crippen LogP contribution < -0.4 is 0 Å². The predicted molar refractivity (Wildman–Crippen MR) is 242 cm³/mol. The van der Waals surface area contributed by atoms with E-state index >= 15 is 0 Å². The highest BCUT2D eigenvalue weighted by Gasteiger charge is 2.19. The molecule has 0 rings (SSSR count). The summed E-state index contributed by atoms with van der Waals surface area (Å²) in [6, 6.07) is 0. The second-order valence-electron chi connectivity index (χ2n) is 15.3. The zero-order valence-corrected chi connectivity index (χ0v) is 37.1. The Bertz CT molecular complexity index is 1100. The molecule has 0 radical (unpaired) electrons. The van der Waals surface area contributed by atoms with Crippen molar-refractivity contribution in [2.45, 2.75) is 219 Å². The maximum atomic E-state index is 12.7. The minimum Gasteiger partial charge on any atom is -0.462 e. The van der Waals surface area contributed by atoms with Gasteiger partial charge in [0, 0.05) is 19.3 Å². The Morgan fingerprint density at radius 1 is 0.368 bits per heavy atom. The molecule has 0 fully saturated rings. The first-order chi connectivity index (χ1) is 28.0. The standard InChI is InChI=1S/C51H86O6/c1-4-7-10-13-16-19-22-24-25-26-28-29-32-35-38-41-44-50(53)56-47-48(46-55-49(52)43-40-37-34-31-21-18-15-12-9-6-3)57-51(54)45-42-39-36-33-30-27-23-20-17-14-11-8-5-2/h7,10,15-16,18-19,24-25,27-30,48H,4-6,8-9,11-14,17,20-23,26,31-47H2,1-3H3/b10-7-,18-15-,19-16-,25-24-,29-28-,30-27-. The average Bonchev–Trinajstić information content (AvgIpc) is 3.21. The summed E-state index contributed by atoms with van der Waals surface area (Å²) in [5.74, 6) is -0.965. The molecule has 0 saturated heterocycles. The third-order valence-corrected chi connectivity index (χ3v) is 9.66. The molecule has 0 aliphatic heterocycles. The number of rotatable bonds is 41. The molecule has 326 valence electrons. The number of hydrogen-bond donors (Lipinski definition) is 0. The Balaban J connectivity index is 4.46. The SMILES string of the molecule is CC/C=C\C/C=C\C/C=C\C/C=C\CCCCCC(=O)OCC(COC(=O)CCCCCC/C=C\CCCC)OC(=O)CCCCC/C=C\CCCCCCCC. The van der Waals surface area contributed by atoms with Crippen LogP contribution in [0.3, 0.4) is 0 Å². The van der Waals surface area contributed by atoms with Gasteiger partial charge in [-0.3, -0.25) is 14.4 Å². The van der Waals surface area contributed by atoms with E-state index in [-0.39, 0.29) is 31.1 Å². The molecule has 0 aliphatic carbocycles. The van der Waals surface area contributed by atoms with Crippen molar-refractivity contribution in [1.82, 2.24) is 0 Å². The number of allylic oxidation sites excluding steroid dienone is 12. The van der Waals surface area contributed by atoms with E-state index in [9.17, 15) is 14.4 Å². The van der Waals surface area contributed by atoms with Crippen molar-refractivity contribution >= 4 is 17.9 Å². The van der Waals surface area contributed by atoms with E-state index in [4.69, 9.17) is 14.2 Å². The van der Waals surface area contributed by atoms with Gasteiger partial charge in [0.15, 0.2) is 6.10 Å². The molecule has 0 aromatic carbocycles. The minimum absolute atomic E-state index is 0.0985. The molecular formula is C51H86O6. The second kappa shape index (κ2) is 45.6. The molecule has 1 atom stereocenters. The monoisotopic (exact) mass is 795 g/mol. The molecule has 6 heteroatoms. The van der Waals surface area contributed by atoms with Gasteiger partial charge in [-0.05, 0) is 103 Å². The van der Waals surface area contributed by atoms with Crippen molar-refractivity contribution in [3.05, 3.63) is 72.9 Å². The molecule has 0 aromatic rings. The van der Waals surface area contributed by atoms with Crippen LogP contribution in [-0.4, -0.2) is 37.2 Å². The second-order valence-corrected chi connectivity index (χ2v) is 15.3. The molecular weight excluding hydrogens is 709 g/mol. The Morgan fingerprint density at radius 3 is 1.16 bits per heavy atom. The fourth-order valence-corrected chi connectivity index (χ4v) is 6.11. The number of esters is 3. The summed E-state index contributed by atoms with van der Waals surface area (Å²) in [6.45, 7) is 6.40. The van der Waals surface area contributed by atoms with Crippen LogP contribution in [0.2, 0.25) is 0 Å². The van der Waals surface area contributed by atoms with Gasteiger partial charge in [-0.15, -0.1) is 0 Å². The lowest BCUT2D eigenvalue weighted by Gasteiger charge is -2.18. The molecule has 1 unspecified atom stereocenters. The summed E-state index contributed by atoms with van der Waals surface area (Å²) in [4.78, 5) is 37.7. The van der Waals surface area contributed by atoms with Crippen molar-refractivity contribution in [2.75, 3.05) is 13.2 Å². The Labute approximate surface area is 351 Å². The molecule has 0 heterocycles. The fraction of sp³-hybridized carbons (Fsp3) is 0.706. The van der Waals surface area contributed by atoms with Crippen LogP contribution in [0.4, 0.5) is 0 Å². The van der Waals surface area contributed by atoms with Gasteiger partial charge in [-0.1, -0.05) is 164 Å². The quantitative estimate of drug-likeness (QED) is 0.0265. The van der Waals surface area contributed by atoms with Crippen molar-refractivity contribution in [1.29, 1.82) is 0 Å². The predicted octanol–water partition coefficient (Wildman–Crippen LogP) is 15.1. The summed E-state index contributed by atoms with van der Waals surface area (Å²) in [5, 5.41) is 0. The minimum atomic E-state index is -0.798. The van der Waals surface area contributed by atoms with E-state index in [1.165, 1.54) is 51.4 Å². The zero-order valence-electron chi connectivity index (χ0n) is 37.1. The van der Waals surface area contributed by atoms with Crippen molar-refractivity contribution in [2.24, 2.45) is 0 Å². The van der Waals surface area contributed by atoms with E-state index < -0.39 is 6.10 Å². The first-order valence-corrected chi connectivity index (χ1v) is 23.4. The van der Waals surface area contributed by atoms with Crippen LogP contribution >= 0.6 is 0 Å². The third kappa shape index (κ3) is 43.8. The Hall–Kier alpha value is -3.15. The Morgan fingerprint density at radius 2 is 0.702 bits per heavy atom. The highest BCUT2D eigenvalue weighted by molar-refractivity contribution is 5.71. The Kier molecular flexibility index (Phi) is 43.0. The van der Waals surface area contributed by atoms with E-state index in [0.29, 0.717) is 19.3 Å². The molecule has 0 bridgehead atoms. The molecule has 0 spiro atoms. The lowest BCUT2D eigenvalue weighted by molar-refractivity contribution is -0.167. The zero-order chi connectivity index (χ0) is 41.5. The normalized spacial score (nSPS) is 12.7. The van der Waals surface area contributed by atoms with Gasteiger partial charge in [0.25, 0.3) is 0 Å². The molecule has 0 N–H and O–H groups in total. The van der Waals surface area contributed by atoms with Crippen LogP contribution in [0, 0.1) is 0 Å². The first kappa shape index (κ1) is 53.9. The summed E-state index contributed by atoms with van der Waals surface area (Å²) < 4.78 is 16.7. The first-order valence-electron chi connectivity index (χ1n) is 23.4. The van der Waals surface area contributed by atoms with E-state index in [0.717, 1.165) is 122 Å². The number of carbonyl (C=O) groups excluding carboxylic acids is 3. The summed E-state index contributed by atoms with van der Waals surface area (Å²) in [6.07, 6.45) is 56.0. The smallest absolute Gasteiger partial charge is 0.306 e. The van der Waals surface area contributed by atoms with Gasteiger partial charge < -0.3 is 14.2 Å². The maximum Gasteiger partial charge on any atom is 0.306 e. The van der Waals surface area contributed by atoms with Gasteiger partial charge in [-0.2, -0.15) is 0 Å². The number of carbonyl (C=O) groups is 3. The van der Waals surface area contributed by atoms with Gasteiger partial charge in [0.05, 0.1) is 0 Å². The van der Waals surface area contributed by atoms with Gasteiger partial charge in [0.1, 0.15) is 13.2 Å². The molecule has 57 heavy (non-hydrogen) atoms. The fourth-order valence-electron chi connectivity index (χ4n) is 6.11. The number of unbranched alkanes of at least 4 members (excludes halogenated alkanes) is 18. The van der Waals surface area contributed by atoms with Gasteiger partial charge in [-0.25, -0.2) is 0 Å². The average molecular weight is 795 g/mol. The van der Waals surface area contributed by atoms with Crippen molar-refractivity contribution in [3.63, 3.8) is 0 Å². The molecule has 0 aromatic heterocycles. The van der Waals surface area contributed by atoms with Gasteiger partial charge in [0.2, 0.25) is 0 Å². The lowest BCUT2D eigenvalue weighted by Crippen LogP contribution is -2.30. The molecule has 6 nitrogen and oxygen atoms in total. The van der Waals surface area contributed by atoms with Crippen molar-refractivity contribution < 1.29 is 28.6 Å². The highest BCUT2D eigenvalue weighted by atomic mass is 16.6. The summed E-state index contributed by atoms with van der Waals surface area (Å²) in [7, 11) is 0. The van der Waals surface area contributed by atoms with Crippen LogP contribution in [0.5, 0.6) is 0 Å². The lowest BCUT2D eigenvalue weighted by atomic mass is 10.1.